The molecule has 0 bridgehead atoms. The molecule has 120 valence electrons. The third-order valence-electron chi connectivity index (χ3n) is 3.69. The van der Waals surface area contributed by atoms with Crippen LogP contribution in [0.25, 0.3) is 0 Å². The average molecular weight is 313 g/mol. The highest BCUT2D eigenvalue weighted by Gasteiger charge is 2.25. The standard InChI is InChI=1S/C15H27N3O2S/c1-10(2)8-15(5,9-16)17-13(19)6-7-18-11(3)12(4)21-14(18)20/h10H,6-9,16H2,1-5H3,(H,17,19). The van der Waals surface area contributed by atoms with Crippen molar-refractivity contribution in [3.63, 3.8) is 0 Å². The Bertz CT molecular complexity index is 548. The van der Waals surface area contributed by atoms with Crippen LogP contribution < -0.4 is 15.9 Å². The second-order valence-electron chi connectivity index (χ2n) is 6.32. The summed E-state index contributed by atoms with van der Waals surface area (Å²) < 4.78 is 1.67. The van der Waals surface area contributed by atoms with Crippen LogP contribution in [0.4, 0.5) is 0 Å². The SMILES string of the molecule is Cc1sc(=O)n(CCC(=O)NC(C)(CN)CC(C)C)c1C. The zero-order valence-corrected chi connectivity index (χ0v) is 14.5. The number of thiazole rings is 1. The number of rotatable bonds is 7. The normalized spacial score (nSPS) is 14.2. The Balaban J connectivity index is 2.63. The van der Waals surface area contributed by atoms with Gasteiger partial charge in [-0.15, -0.1) is 0 Å². The van der Waals surface area contributed by atoms with Gasteiger partial charge < -0.3 is 15.6 Å². The van der Waals surface area contributed by atoms with Crippen LogP contribution in [0.2, 0.25) is 0 Å². The highest BCUT2D eigenvalue weighted by atomic mass is 32.1. The van der Waals surface area contributed by atoms with Crippen molar-refractivity contribution in [2.45, 2.75) is 59.5 Å². The number of nitrogens with zero attached hydrogens (tertiary/aromatic N) is 1. The number of aromatic nitrogens is 1. The highest BCUT2D eigenvalue weighted by molar-refractivity contribution is 7.09. The smallest absolute Gasteiger partial charge is 0.307 e. The number of carbonyl (C=O) groups excluding carboxylic acids is 1. The summed E-state index contributed by atoms with van der Waals surface area (Å²) in [6, 6.07) is 0. The van der Waals surface area contributed by atoms with Crippen LogP contribution >= 0.6 is 11.3 Å². The summed E-state index contributed by atoms with van der Waals surface area (Å²) in [5, 5.41) is 3.01. The van der Waals surface area contributed by atoms with Crippen molar-refractivity contribution < 1.29 is 4.79 Å². The molecule has 0 spiro atoms. The van der Waals surface area contributed by atoms with Crippen LogP contribution in [0.1, 0.15) is 44.2 Å². The van der Waals surface area contributed by atoms with E-state index < -0.39 is 0 Å². The quantitative estimate of drug-likeness (QED) is 0.806. The summed E-state index contributed by atoms with van der Waals surface area (Å²) in [5.74, 6) is 0.405. The molecule has 0 aliphatic carbocycles. The number of aryl methyl sites for hydroxylation is 1. The molecule has 1 aromatic heterocycles. The molecule has 0 aromatic carbocycles. The second-order valence-corrected chi connectivity index (χ2v) is 7.49. The summed E-state index contributed by atoms with van der Waals surface area (Å²) >= 11 is 1.23. The van der Waals surface area contributed by atoms with Crippen LogP contribution in [0.5, 0.6) is 0 Å². The molecule has 3 N–H and O–H groups in total. The van der Waals surface area contributed by atoms with Gasteiger partial charge in [0.15, 0.2) is 0 Å². The molecule has 0 saturated carbocycles. The monoisotopic (exact) mass is 313 g/mol. The topological polar surface area (TPSA) is 77.1 Å². The molecule has 0 aliphatic heterocycles. The highest BCUT2D eigenvalue weighted by Crippen LogP contribution is 2.15. The molecule has 0 saturated heterocycles. The number of nitrogens with one attached hydrogen (secondary N) is 1. The van der Waals surface area contributed by atoms with Crippen molar-refractivity contribution >= 4 is 17.2 Å². The lowest BCUT2D eigenvalue weighted by atomic mass is 9.90. The predicted molar refractivity (Wildman–Crippen MR) is 87.7 cm³/mol. The first-order chi connectivity index (χ1) is 9.68. The Morgan fingerprint density at radius 1 is 1.43 bits per heavy atom. The van der Waals surface area contributed by atoms with Crippen molar-refractivity contribution in [3.05, 3.63) is 20.2 Å². The molecule has 0 fully saturated rings. The minimum Gasteiger partial charge on any atom is -0.350 e. The third-order valence-corrected chi connectivity index (χ3v) is 4.68. The van der Waals surface area contributed by atoms with Gasteiger partial charge in [0, 0.05) is 35.6 Å². The molecule has 21 heavy (non-hydrogen) atoms. The fourth-order valence-corrected chi connectivity index (χ4v) is 3.40. The molecule has 1 unspecified atom stereocenters. The van der Waals surface area contributed by atoms with Gasteiger partial charge in [0.25, 0.3) is 0 Å². The van der Waals surface area contributed by atoms with Gasteiger partial charge in [-0.25, -0.2) is 0 Å². The van der Waals surface area contributed by atoms with Gasteiger partial charge in [0.1, 0.15) is 0 Å². The van der Waals surface area contributed by atoms with E-state index in [1.54, 1.807) is 4.57 Å². The van der Waals surface area contributed by atoms with Crippen molar-refractivity contribution in [1.29, 1.82) is 0 Å². The van der Waals surface area contributed by atoms with Gasteiger partial charge >= 0.3 is 4.87 Å². The van der Waals surface area contributed by atoms with E-state index in [1.807, 2.05) is 20.8 Å². The number of carbonyl (C=O) groups is 1. The van der Waals surface area contributed by atoms with Crippen LogP contribution in [0.15, 0.2) is 4.79 Å². The summed E-state index contributed by atoms with van der Waals surface area (Å²) in [6.45, 7) is 10.8. The Morgan fingerprint density at radius 3 is 2.48 bits per heavy atom. The van der Waals surface area contributed by atoms with Gasteiger partial charge in [0.05, 0.1) is 0 Å². The first-order valence-electron chi connectivity index (χ1n) is 7.36. The second kappa shape index (κ2) is 7.22. The van der Waals surface area contributed by atoms with E-state index >= 15 is 0 Å². The molecule has 1 atom stereocenters. The number of hydrogen-bond acceptors (Lipinski definition) is 4. The average Bonchev–Trinajstić information content (AvgIpc) is 2.60. The van der Waals surface area contributed by atoms with E-state index in [0.29, 0.717) is 25.4 Å². The van der Waals surface area contributed by atoms with Crippen molar-refractivity contribution in [2.75, 3.05) is 6.54 Å². The molecular weight excluding hydrogens is 286 g/mol. The molecule has 6 heteroatoms. The van der Waals surface area contributed by atoms with Crippen molar-refractivity contribution in [2.24, 2.45) is 11.7 Å². The van der Waals surface area contributed by atoms with Crippen LogP contribution in [-0.2, 0) is 11.3 Å². The van der Waals surface area contributed by atoms with Gasteiger partial charge in [-0.05, 0) is 33.1 Å². The Hall–Kier alpha value is -1.14. The Labute approximate surface area is 130 Å². The van der Waals surface area contributed by atoms with Gasteiger partial charge in [-0.1, -0.05) is 25.2 Å². The lowest BCUT2D eigenvalue weighted by Crippen LogP contribution is -2.52. The Morgan fingerprint density at radius 2 is 2.05 bits per heavy atom. The van der Waals surface area contributed by atoms with E-state index in [1.165, 1.54) is 11.3 Å². The molecule has 5 nitrogen and oxygen atoms in total. The van der Waals surface area contributed by atoms with Gasteiger partial charge in [0.2, 0.25) is 5.91 Å². The minimum atomic E-state index is -0.379. The maximum Gasteiger partial charge on any atom is 0.307 e. The van der Waals surface area contributed by atoms with E-state index in [9.17, 15) is 9.59 Å². The summed E-state index contributed by atoms with van der Waals surface area (Å²) in [5.41, 5.74) is 6.36. The van der Waals surface area contributed by atoms with E-state index in [0.717, 1.165) is 17.0 Å². The number of amides is 1. The fourth-order valence-electron chi connectivity index (χ4n) is 2.54. The van der Waals surface area contributed by atoms with Gasteiger partial charge in [-0.2, -0.15) is 0 Å². The van der Waals surface area contributed by atoms with E-state index in [2.05, 4.69) is 19.2 Å². The molecule has 1 aromatic rings. The third kappa shape index (κ3) is 4.97. The first-order valence-corrected chi connectivity index (χ1v) is 8.18. The van der Waals surface area contributed by atoms with Crippen LogP contribution in [0.3, 0.4) is 0 Å². The van der Waals surface area contributed by atoms with Crippen LogP contribution in [-0.4, -0.2) is 22.6 Å². The molecule has 0 aliphatic rings. The molecule has 1 amide bonds. The molecule has 1 heterocycles. The van der Waals surface area contributed by atoms with E-state index in [-0.39, 0.29) is 16.3 Å². The van der Waals surface area contributed by atoms with Crippen LogP contribution in [0, 0.1) is 19.8 Å². The lowest BCUT2D eigenvalue weighted by Gasteiger charge is -2.31. The Kier molecular flexibility index (Phi) is 6.16. The first kappa shape index (κ1) is 17.9. The summed E-state index contributed by atoms with van der Waals surface area (Å²) in [7, 11) is 0. The van der Waals surface area contributed by atoms with Crippen molar-refractivity contribution in [1.82, 2.24) is 9.88 Å². The molecule has 1 rings (SSSR count). The largest absolute Gasteiger partial charge is 0.350 e. The zero-order valence-electron chi connectivity index (χ0n) is 13.7. The van der Waals surface area contributed by atoms with E-state index in [4.69, 9.17) is 5.73 Å². The number of nitrogens with two attached hydrogens (primary N) is 1. The molecular formula is C15H27N3O2S. The van der Waals surface area contributed by atoms with Gasteiger partial charge in [-0.3, -0.25) is 9.59 Å². The minimum absolute atomic E-state index is 0.00145. The predicted octanol–water partition coefficient (Wildman–Crippen LogP) is 1.80. The molecule has 0 radical (unpaired) electrons. The maximum atomic E-state index is 12.1. The maximum absolute atomic E-state index is 12.1. The van der Waals surface area contributed by atoms with Crippen molar-refractivity contribution in [3.8, 4) is 0 Å². The number of hydrogen-bond donors (Lipinski definition) is 2. The fraction of sp³-hybridized carbons (Fsp3) is 0.733. The zero-order chi connectivity index (χ0) is 16.2. The summed E-state index contributed by atoms with van der Waals surface area (Å²) in [4.78, 5) is 24.9. The lowest BCUT2D eigenvalue weighted by molar-refractivity contribution is -0.123. The summed E-state index contributed by atoms with van der Waals surface area (Å²) in [6.07, 6.45) is 1.14.